The highest BCUT2D eigenvalue weighted by Gasteiger charge is 2.52. The van der Waals surface area contributed by atoms with E-state index in [2.05, 4.69) is 0 Å². The van der Waals surface area contributed by atoms with Gasteiger partial charge in [0.1, 0.15) is 5.60 Å². The Kier molecular flexibility index (Phi) is 5.17. The summed E-state index contributed by atoms with van der Waals surface area (Å²) in [4.78, 5) is 29.2. The largest absolute Gasteiger partial charge is 0.494 e. The third-order valence-corrected chi connectivity index (χ3v) is 6.75. The Morgan fingerprint density at radius 1 is 1.16 bits per heavy atom. The Labute approximate surface area is 185 Å². The first kappa shape index (κ1) is 22.2. The summed E-state index contributed by atoms with van der Waals surface area (Å²) in [5.74, 6) is 0.00408. The predicted molar refractivity (Wildman–Crippen MR) is 118 cm³/mol. The first-order valence-electron chi connectivity index (χ1n) is 11.0. The van der Waals surface area contributed by atoms with Gasteiger partial charge in [-0.25, -0.2) is 4.79 Å². The van der Waals surface area contributed by atoms with E-state index in [9.17, 15) is 9.59 Å². The molecule has 1 aromatic rings. The van der Waals surface area contributed by atoms with Crippen LogP contribution in [0.15, 0.2) is 18.2 Å². The van der Waals surface area contributed by atoms with E-state index in [0.29, 0.717) is 25.2 Å². The Bertz CT molecular complexity index is 892. The Morgan fingerprint density at radius 3 is 2.42 bits per heavy atom. The van der Waals surface area contributed by atoms with Crippen molar-refractivity contribution in [2.75, 3.05) is 13.1 Å². The monoisotopic (exact) mass is 428 g/mol. The Balaban J connectivity index is 1.46. The molecule has 0 radical (unpaired) electrons. The minimum atomic E-state index is -0.529. The van der Waals surface area contributed by atoms with Gasteiger partial charge in [0, 0.05) is 25.2 Å². The van der Waals surface area contributed by atoms with Gasteiger partial charge in [0.25, 0.3) is 5.91 Å². The number of carbonyl (C=O) groups excluding carboxylic acids is 2. The summed E-state index contributed by atoms with van der Waals surface area (Å²) < 4.78 is 17.8. The minimum Gasteiger partial charge on any atom is -0.444 e. The van der Waals surface area contributed by atoms with E-state index < -0.39 is 23.9 Å². The molecule has 1 atom stereocenters. The molecule has 0 aliphatic carbocycles. The standard InChI is InChI=1S/C23H33BN2O5/c1-21(2,3)29-20(28)25-11-10-17(14-25)26-13-15-8-9-16(12-18(15)19(26)27)24-30-22(4,5)23(6,7)31-24/h8-9,12,17H,10-11,13-14H2,1-7H3. The van der Waals surface area contributed by atoms with Gasteiger partial charge >= 0.3 is 13.2 Å². The molecule has 0 bridgehead atoms. The minimum absolute atomic E-state index is 0.00408. The van der Waals surface area contributed by atoms with Crippen molar-refractivity contribution in [1.82, 2.24) is 9.80 Å². The van der Waals surface area contributed by atoms with Crippen LogP contribution in [0.1, 0.15) is 70.8 Å². The number of fused-ring (bicyclic) bond motifs is 1. The van der Waals surface area contributed by atoms with E-state index in [-0.39, 0.29) is 18.0 Å². The maximum Gasteiger partial charge on any atom is 0.494 e. The fourth-order valence-corrected chi connectivity index (χ4v) is 4.25. The summed E-state index contributed by atoms with van der Waals surface area (Å²) in [5.41, 5.74) is 1.17. The van der Waals surface area contributed by atoms with Crippen LogP contribution in [0.5, 0.6) is 0 Å². The Morgan fingerprint density at radius 2 is 1.81 bits per heavy atom. The average Bonchev–Trinajstić information content (AvgIpc) is 3.29. The second-order valence-corrected chi connectivity index (χ2v) is 10.8. The fraction of sp³-hybridized carbons (Fsp3) is 0.652. The molecule has 3 heterocycles. The van der Waals surface area contributed by atoms with Crippen molar-refractivity contribution in [3.63, 3.8) is 0 Å². The summed E-state index contributed by atoms with van der Waals surface area (Å²) in [6.07, 6.45) is 0.436. The number of benzene rings is 1. The quantitative estimate of drug-likeness (QED) is 0.678. The summed E-state index contributed by atoms with van der Waals surface area (Å²) in [6, 6.07) is 5.88. The van der Waals surface area contributed by atoms with Crippen molar-refractivity contribution in [3.8, 4) is 0 Å². The summed E-state index contributed by atoms with van der Waals surface area (Å²) >= 11 is 0. The number of nitrogens with zero attached hydrogens (tertiary/aromatic N) is 2. The van der Waals surface area contributed by atoms with E-state index in [0.717, 1.165) is 17.4 Å². The first-order valence-corrected chi connectivity index (χ1v) is 11.0. The van der Waals surface area contributed by atoms with Gasteiger partial charge in [-0.05, 0) is 72.0 Å². The van der Waals surface area contributed by atoms with Crippen LogP contribution in [0.25, 0.3) is 0 Å². The first-order chi connectivity index (χ1) is 14.3. The maximum atomic E-state index is 13.2. The van der Waals surface area contributed by atoms with Crippen LogP contribution in [0.4, 0.5) is 4.79 Å². The highest BCUT2D eigenvalue weighted by atomic mass is 16.7. The number of hydrogen-bond donors (Lipinski definition) is 0. The molecular formula is C23H33BN2O5. The predicted octanol–water partition coefficient (Wildman–Crippen LogP) is 2.95. The number of likely N-dealkylation sites (tertiary alicyclic amines) is 1. The lowest BCUT2D eigenvalue weighted by Crippen LogP contribution is -2.41. The molecule has 1 aromatic carbocycles. The third-order valence-electron chi connectivity index (χ3n) is 6.75. The molecule has 3 aliphatic rings. The number of amides is 2. The van der Waals surface area contributed by atoms with Crippen molar-refractivity contribution in [1.29, 1.82) is 0 Å². The topological polar surface area (TPSA) is 68.3 Å². The lowest BCUT2D eigenvalue weighted by molar-refractivity contribution is 0.00578. The van der Waals surface area contributed by atoms with Crippen molar-refractivity contribution < 1.29 is 23.6 Å². The molecule has 0 aromatic heterocycles. The molecule has 8 heteroatoms. The number of hydrogen-bond acceptors (Lipinski definition) is 5. The fourth-order valence-electron chi connectivity index (χ4n) is 4.25. The molecule has 7 nitrogen and oxygen atoms in total. The molecule has 2 fully saturated rings. The van der Waals surface area contributed by atoms with E-state index in [1.807, 2.05) is 71.6 Å². The van der Waals surface area contributed by atoms with Gasteiger partial charge in [0.15, 0.2) is 0 Å². The van der Waals surface area contributed by atoms with Gasteiger partial charge in [0.2, 0.25) is 0 Å². The molecule has 2 saturated heterocycles. The zero-order valence-corrected chi connectivity index (χ0v) is 19.7. The molecule has 0 spiro atoms. The summed E-state index contributed by atoms with van der Waals surface area (Å²) in [5, 5.41) is 0. The third kappa shape index (κ3) is 4.07. The second kappa shape index (κ2) is 7.24. The van der Waals surface area contributed by atoms with Gasteiger partial charge in [-0.3, -0.25) is 4.79 Å². The molecule has 0 N–H and O–H groups in total. The van der Waals surface area contributed by atoms with Crippen molar-refractivity contribution in [2.45, 2.75) is 84.3 Å². The van der Waals surface area contributed by atoms with Gasteiger partial charge in [-0.15, -0.1) is 0 Å². The number of rotatable bonds is 2. The van der Waals surface area contributed by atoms with Crippen LogP contribution in [-0.2, 0) is 20.6 Å². The smallest absolute Gasteiger partial charge is 0.444 e. The molecule has 2 amide bonds. The SMILES string of the molecule is CC(C)(C)OC(=O)N1CCC(N2Cc3ccc(B4OC(C)(C)C(C)(C)O4)cc3C2=O)C1. The van der Waals surface area contributed by atoms with E-state index >= 15 is 0 Å². The highest BCUT2D eigenvalue weighted by Crippen LogP contribution is 2.37. The zero-order chi connectivity index (χ0) is 22.8. The van der Waals surface area contributed by atoms with Crippen LogP contribution >= 0.6 is 0 Å². The molecular weight excluding hydrogens is 395 g/mol. The van der Waals surface area contributed by atoms with Gasteiger partial charge < -0.3 is 23.8 Å². The normalized spacial score (nSPS) is 24.7. The van der Waals surface area contributed by atoms with E-state index in [1.54, 1.807) is 4.90 Å². The summed E-state index contributed by atoms with van der Waals surface area (Å²) in [6.45, 7) is 15.3. The van der Waals surface area contributed by atoms with Gasteiger partial charge in [0.05, 0.1) is 17.2 Å². The number of ether oxygens (including phenoxy) is 1. The molecule has 0 saturated carbocycles. The lowest BCUT2D eigenvalue weighted by atomic mass is 9.78. The lowest BCUT2D eigenvalue weighted by Gasteiger charge is -2.32. The molecule has 1 unspecified atom stereocenters. The van der Waals surface area contributed by atoms with E-state index in [4.69, 9.17) is 14.0 Å². The van der Waals surface area contributed by atoms with Crippen LogP contribution < -0.4 is 5.46 Å². The van der Waals surface area contributed by atoms with Crippen LogP contribution in [-0.4, -0.2) is 64.9 Å². The van der Waals surface area contributed by atoms with E-state index in [1.165, 1.54) is 0 Å². The molecule has 168 valence electrons. The van der Waals surface area contributed by atoms with Crippen molar-refractivity contribution in [2.24, 2.45) is 0 Å². The summed E-state index contributed by atoms with van der Waals surface area (Å²) in [7, 11) is -0.494. The van der Waals surface area contributed by atoms with Crippen molar-refractivity contribution >= 4 is 24.6 Å². The molecule has 4 rings (SSSR count). The highest BCUT2D eigenvalue weighted by molar-refractivity contribution is 6.62. The van der Waals surface area contributed by atoms with Crippen LogP contribution in [0.3, 0.4) is 0 Å². The molecule has 3 aliphatic heterocycles. The van der Waals surface area contributed by atoms with Gasteiger partial charge in [-0.1, -0.05) is 12.1 Å². The van der Waals surface area contributed by atoms with Crippen molar-refractivity contribution in [3.05, 3.63) is 29.3 Å². The Hall–Kier alpha value is -2.06. The molecule has 31 heavy (non-hydrogen) atoms. The number of carbonyl (C=O) groups is 2. The zero-order valence-electron chi connectivity index (χ0n) is 19.7. The maximum absolute atomic E-state index is 13.2. The van der Waals surface area contributed by atoms with Crippen LogP contribution in [0.2, 0.25) is 0 Å². The second-order valence-electron chi connectivity index (χ2n) is 10.8. The van der Waals surface area contributed by atoms with Gasteiger partial charge in [-0.2, -0.15) is 0 Å². The average molecular weight is 428 g/mol. The van der Waals surface area contributed by atoms with Crippen LogP contribution in [0, 0.1) is 0 Å².